The van der Waals surface area contributed by atoms with Gasteiger partial charge in [-0.3, -0.25) is 5.10 Å². The lowest BCUT2D eigenvalue weighted by Gasteiger charge is -2.15. The molecule has 0 radical (unpaired) electrons. The highest BCUT2D eigenvalue weighted by atomic mass is 32.2. The molecule has 0 aliphatic heterocycles. The molecule has 0 aliphatic rings. The molecule has 0 saturated heterocycles. The van der Waals surface area contributed by atoms with Gasteiger partial charge in [-0.25, -0.2) is 13.4 Å². The lowest BCUT2D eigenvalue weighted by Crippen LogP contribution is -2.28. The first-order valence-electron chi connectivity index (χ1n) is 6.21. The standard InChI is InChI=1S/C13H15N5O2S/c1-10-15-13(17-16-10)8-18(2)21(19,20)9-12-5-3-11(7-14)4-6-12/h3-6H,8-9H2,1-2H3,(H,15,16,17). The Morgan fingerprint density at radius 2 is 2.00 bits per heavy atom. The predicted octanol–water partition coefficient (Wildman–Crippen LogP) is 0.947. The number of aromatic amines is 1. The summed E-state index contributed by atoms with van der Waals surface area (Å²) in [7, 11) is -1.97. The van der Waals surface area contributed by atoms with Gasteiger partial charge < -0.3 is 0 Å². The number of nitrogens with one attached hydrogen (secondary N) is 1. The molecule has 8 heteroatoms. The number of nitrogens with zero attached hydrogens (tertiary/aromatic N) is 4. The quantitative estimate of drug-likeness (QED) is 0.885. The van der Waals surface area contributed by atoms with Crippen molar-refractivity contribution >= 4 is 10.0 Å². The van der Waals surface area contributed by atoms with Crippen LogP contribution in [-0.2, 0) is 22.3 Å². The van der Waals surface area contributed by atoms with E-state index in [1.165, 1.54) is 11.4 Å². The van der Waals surface area contributed by atoms with Crippen LogP contribution in [0.25, 0.3) is 0 Å². The second-order valence-electron chi connectivity index (χ2n) is 4.66. The van der Waals surface area contributed by atoms with Crippen molar-refractivity contribution in [2.45, 2.75) is 19.2 Å². The second kappa shape index (κ2) is 6.03. The molecule has 0 fully saturated rings. The van der Waals surface area contributed by atoms with Gasteiger partial charge in [0.05, 0.1) is 23.9 Å². The molecule has 0 atom stereocenters. The summed E-state index contributed by atoms with van der Waals surface area (Å²) in [6, 6.07) is 8.48. The van der Waals surface area contributed by atoms with Crippen molar-refractivity contribution in [3.05, 3.63) is 47.0 Å². The number of rotatable bonds is 5. The van der Waals surface area contributed by atoms with Gasteiger partial charge in [0.1, 0.15) is 5.82 Å². The Kier molecular flexibility index (Phi) is 4.35. The Morgan fingerprint density at radius 3 is 2.52 bits per heavy atom. The van der Waals surface area contributed by atoms with Crippen LogP contribution in [0.3, 0.4) is 0 Å². The zero-order chi connectivity index (χ0) is 15.5. The van der Waals surface area contributed by atoms with Crippen molar-refractivity contribution < 1.29 is 8.42 Å². The first-order valence-corrected chi connectivity index (χ1v) is 7.82. The Hall–Kier alpha value is -2.24. The number of nitriles is 1. The lowest BCUT2D eigenvalue weighted by molar-refractivity contribution is 0.456. The Bertz CT molecular complexity index is 759. The van der Waals surface area contributed by atoms with Crippen LogP contribution in [0.1, 0.15) is 22.8 Å². The summed E-state index contributed by atoms with van der Waals surface area (Å²) in [5.41, 5.74) is 1.13. The number of aromatic nitrogens is 3. The molecule has 0 bridgehead atoms. The van der Waals surface area contributed by atoms with Gasteiger partial charge in [0.25, 0.3) is 0 Å². The Labute approximate surface area is 123 Å². The molecule has 0 amide bonds. The number of aryl methyl sites for hydroxylation is 1. The molecule has 1 aromatic heterocycles. The van der Waals surface area contributed by atoms with Crippen LogP contribution in [0.4, 0.5) is 0 Å². The number of H-pyrrole nitrogens is 1. The molecule has 110 valence electrons. The van der Waals surface area contributed by atoms with Gasteiger partial charge in [-0.2, -0.15) is 14.7 Å². The summed E-state index contributed by atoms with van der Waals surface area (Å²) in [4.78, 5) is 4.09. The number of hydrogen-bond acceptors (Lipinski definition) is 5. The van der Waals surface area contributed by atoms with Crippen molar-refractivity contribution in [3.63, 3.8) is 0 Å². The average molecular weight is 305 g/mol. The third kappa shape index (κ3) is 3.87. The summed E-state index contributed by atoms with van der Waals surface area (Å²) >= 11 is 0. The summed E-state index contributed by atoms with van der Waals surface area (Å²) in [6.07, 6.45) is 0. The van der Waals surface area contributed by atoms with E-state index in [1.807, 2.05) is 6.07 Å². The highest BCUT2D eigenvalue weighted by Gasteiger charge is 2.20. The largest absolute Gasteiger partial charge is 0.263 e. The molecule has 1 aromatic carbocycles. The first-order chi connectivity index (χ1) is 9.90. The molecule has 2 rings (SSSR count). The van der Waals surface area contributed by atoms with Crippen LogP contribution >= 0.6 is 0 Å². The summed E-state index contributed by atoms with van der Waals surface area (Å²) in [6.45, 7) is 1.87. The topological polar surface area (TPSA) is 103 Å². The van der Waals surface area contributed by atoms with Crippen LogP contribution in [0.5, 0.6) is 0 Å². The predicted molar refractivity (Wildman–Crippen MR) is 76.4 cm³/mol. The van der Waals surface area contributed by atoms with Gasteiger partial charge in [-0.1, -0.05) is 12.1 Å². The molecule has 1 N–H and O–H groups in total. The van der Waals surface area contributed by atoms with Crippen LogP contribution < -0.4 is 0 Å². The fraction of sp³-hybridized carbons (Fsp3) is 0.308. The summed E-state index contributed by atoms with van der Waals surface area (Å²) < 4.78 is 25.7. The van der Waals surface area contributed by atoms with Crippen molar-refractivity contribution in [2.24, 2.45) is 0 Å². The van der Waals surface area contributed by atoms with E-state index in [2.05, 4.69) is 15.2 Å². The summed E-state index contributed by atoms with van der Waals surface area (Å²) in [5, 5.41) is 15.3. The fourth-order valence-corrected chi connectivity index (χ4v) is 2.90. The smallest absolute Gasteiger partial charge is 0.218 e. The maximum Gasteiger partial charge on any atom is 0.218 e. The third-order valence-electron chi connectivity index (χ3n) is 2.91. The minimum atomic E-state index is -3.47. The second-order valence-corrected chi connectivity index (χ2v) is 6.73. The maximum absolute atomic E-state index is 12.3. The van der Waals surface area contributed by atoms with E-state index in [1.54, 1.807) is 31.2 Å². The fourth-order valence-electron chi connectivity index (χ4n) is 1.75. The number of sulfonamides is 1. The molecule has 7 nitrogen and oxygen atoms in total. The van der Waals surface area contributed by atoms with Gasteiger partial charge >= 0.3 is 0 Å². The number of benzene rings is 1. The third-order valence-corrected chi connectivity index (χ3v) is 4.69. The van der Waals surface area contributed by atoms with E-state index >= 15 is 0 Å². The first kappa shape index (κ1) is 15.2. The lowest BCUT2D eigenvalue weighted by atomic mass is 10.2. The molecule has 0 unspecified atom stereocenters. The minimum absolute atomic E-state index is 0.114. The van der Waals surface area contributed by atoms with Crippen LogP contribution in [0.15, 0.2) is 24.3 Å². The van der Waals surface area contributed by atoms with Crippen LogP contribution in [0, 0.1) is 18.3 Å². The SMILES string of the molecule is Cc1nc(CN(C)S(=O)(=O)Cc2ccc(C#N)cc2)n[nH]1. The van der Waals surface area contributed by atoms with Gasteiger partial charge in [0.15, 0.2) is 5.82 Å². The van der Waals surface area contributed by atoms with Crippen molar-refractivity contribution in [2.75, 3.05) is 7.05 Å². The van der Waals surface area contributed by atoms with E-state index in [4.69, 9.17) is 5.26 Å². The van der Waals surface area contributed by atoms with Gasteiger partial charge in [0.2, 0.25) is 10.0 Å². The zero-order valence-electron chi connectivity index (χ0n) is 11.7. The normalized spacial score (nSPS) is 11.5. The van der Waals surface area contributed by atoms with Crippen molar-refractivity contribution in [3.8, 4) is 6.07 Å². The molecule has 0 spiro atoms. The summed E-state index contributed by atoms with van der Waals surface area (Å²) in [5.74, 6) is 0.944. The van der Waals surface area contributed by atoms with Gasteiger partial charge in [0, 0.05) is 7.05 Å². The van der Waals surface area contributed by atoms with E-state index in [-0.39, 0.29) is 12.3 Å². The van der Waals surface area contributed by atoms with Crippen molar-refractivity contribution in [1.29, 1.82) is 5.26 Å². The highest BCUT2D eigenvalue weighted by molar-refractivity contribution is 7.88. The average Bonchev–Trinajstić information content (AvgIpc) is 2.84. The molecular formula is C13H15N5O2S. The zero-order valence-corrected chi connectivity index (χ0v) is 12.6. The van der Waals surface area contributed by atoms with E-state index in [0.717, 1.165) is 0 Å². The molecular weight excluding hydrogens is 290 g/mol. The Balaban J connectivity index is 2.08. The van der Waals surface area contributed by atoms with Gasteiger partial charge in [-0.05, 0) is 24.6 Å². The van der Waals surface area contributed by atoms with Crippen molar-refractivity contribution in [1.82, 2.24) is 19.5 Å². The molecule has 1 heterocycles. The molecule has 0 saturated carbocycles. The maximum atomic E-state index is 12.3. The number of hydrogen-bond donors (Lipinski definition) is 1. The molecule has 2 aromatic rings. The molecule has 21 heavy (non-hydrogen) atoms. The van der Waals surface area contributed by atoms with Crippen LogP contribution in [0.2, 0.25) is 0 Å². The monoisotopic (exact) mass is 305 g/mol. The van der Waals surface area contributed by atoms with E-state index in [0.29, 0.717) is 22.8 Å². The van der Waals surface area contributed by atoms with E-state index in [9.17, 15) is 8.42 Å². The molecule has 0 aliphatic carbocycles. The van der Waals surface area contributed by atoms with E-state index < -0.39 is 10.0 Å². The highest BCUT2D eigenvalue weighted by Crippen LogP contribution is 2.12. The minimum Gasteiger partial charge on any atom is -0.263 e. The van der Waals surface area contributed by atoms with Gasteiger partial charge in [-0.15, -0.1) is 0 Å². The Morgan fingerprint density at radius 1 is 1.33 bits per heavy atom. The van der Waals surface area contributed by atoms with Crippen LogP contribution in [-0.4, -0.2) is 35.0 Å².